The molecule has 6 heteroatoms. The van der Waals surface area contributed by atoms with E-state index >= 15 is 0 Å². The smallest absolute Gasteiger partial charge is 0.336 e. The number of hydrogen-bond donors (Lipinski definition) is 0. The summed E-state index contributed by atoms with van der Waals surface area (Å²) in [6.07, 6.45) is -0.0768. The van der Waals surface area contributed by atoms with E-state index in [9.17, 15) is 4.79 Å². The molecule has 4 rings (SSSR count). The van der Waals surface area contributed by atoms with E-state index in [-0.39, 0.29) is 11.7 Å². The van der Waals surface area contributed by atoms with Crippen LogP contribution >= 0.6 is 11.6 Å². The lowest BCUT2D eigenvalue weighted by Gasteiger charge is -2.31. The SMILES string of the molecule is CCN(Cc1cc(=O)oc2cc(C)c(Cl)cc12)C[C@H]1COc2ccccc2O1. The van der Waals surface area contributed by atoms with Crippen molar-refractivity contribution < 1.29 is 13.9 Å². The number of halogens is 1. The molecule has 0 saturated carbocycles. The Kier molecular flexibility index (Phi) is 5.29. The van der Waals surface area contributed by atoms with Gasteiger partial charge in [-0.25, -0.2) is 4.79 Å². The molecule has 1 aliphatic rings. The molecule has 1 aliphatic heterocycles. The zero-order chi connectivity index (χ0) is 19.7. The van der Waals surface area contributed by atoms with Crippen molar-refractivity contribution in [2.75, 3.05) is 19.7 Å². The number of likely N-dealkylation sites (N-methyl/N-ethyl adjacent to an activating group) is 1. The molecule has 146 valence electrons. The molecule has 28 heavy (non-hydrogen) atoms. The number of para-hydroxylation sites is 2. The van der Waals surface area contributed by atoms with Crippen molar-refractivity contribution in [3.63, 3.8) is 0 Å². The third-order valence-electron chi connectivity index (χ3n) is 4.98. The summed E-state index contributed by atoms with van der Waals surface area (Å²) in [7, 11) is 0. The second kappa shape index (κ2) is 7.86. The minimum atomic E-state index is -0.355. The number of fused-ring (bicyclic) bond motifs is 2. The predicted octanol–water partition coefficient (Wildman–Crippen LogP) is 4.42. The fourth-order valence-corrected chi connectivity index (χ4v) is 3.63. The molecule has 0 bridgehead atoms. The van der Waals surface area contributed by atoms with E-state index in [0.717, 1.165) is 34.6 Å². The zero-order valence-corrected chi connectivity index (χ0v) is 16.7. The number of ether oxygens (including phenoxy) is 2. The topological polar surface area (TPSA) is 51.9 Å². The second-order valence-electron chi connectivity index (χ2n) is 7.01. The number of rotatable bonds is 5. The Bertz CT molecular complexity index is 1060. The van der Waals surface area contributed by atoms with Crippen molar-refractivity contribution in [2.45, 2.75) is 26.5 Å². The molecule has 1 aromatic heterocycles. The molecule has 0 radical (unpaired) electrons. The van der Waals surface area contributed by atoms with Gasteiger partial charge < -0.3 is 13.9 Å². The molecule has 0 saturated heterocycles. The maximum absolute atomic E-state index is 12.0. The molecular formula is C22H22ClNO4. The average Bonchev–Trinajstić information content (AvgIpc) is 2.68. The molecule has 2 aromatic carbocycles. The van der Waals surface area contributed by atoms with Gasteiger partial charge in [-0.05, 0) is 48.9 Å². The van der Waals surface area contributed by atoms with Crippen LogP contribution in [0.3, 0.4) is 0 Å². The lowest BCUT2D eigenvalue weighted by Crippen LogP contribution is -2.40. The van der Waals surface area contributed by atoms with Gasteiger partial charge in [0.2, 0.25) is 0 Å². The molecule has 5 nitrogen and oxygen atoms in total. The first-order valence-corrected chi connectivity index (χ1v) is 9.75. The van der Waals surface area contributed by atoms with E-state index in [4.69, 9.17) is 25.5 Å². The summed E-state index contributed by atoms with van der Waals surface area (Å²) in [5.41, 5.74) is 1.98. The lowest BCUT2D eigenvalue weighted by atomic mass is 10.1. The minimum absolute atomic E-state index is 0.0768. The van der Waals surface area contributed by atoms with Crippen molar-refractivity contribution in [3.8, 4) is 11.5 Å². The summed E-state index contributed by atoms with van der Waals surface area (Å²) in [6.45, 7) is 6.57. The van der Waals surface area contributed by atoms with Crippen molar-refractivity contribution in [1.82, 2.24) is 4.90 Å². The Balaban J connectivity index is 1.56. The molecule has 0 N–H and O–H groups in total. The monoisotopic (exact) mass is 399 g/mol. The van der Waals surface area contributed by atoms with Gasteiger partial charge >= 0.3 is 5.63 Å². The lowest BCUT2D eigenvalue weighted by molar-refractivity contribution is 0.0581. The number of aryl methyl sites for hydroxylation is 1. The van der Waals surface area contributed by atoms with Gasteiger partial charge in [0.15, 0.2) is 11.5 Å². The van der Waals surface area contributed by atoms with Crippen LogP contribution in [-0.2, 0) is 6.54 Å². The van der Waals surface area contributed by atoms with Crippen LogP contribution in [0.1, 0.15) is 18.1 Å². The van der Waals surface area contributed by atoms with Crippen LogP contribution in [0.4, 0.5) is 0 Å². The molecular weight excluding hydrogens is 378 g/mol. The summed E-state index contributed by atoms with van der Waals surface area (Å²) < 4.78 is 17.3. The maximum Gasteiger partial charge on any atom is 0.336 e. The highest BCUT2D eigenvalue weighted by Gasteiger charge is 2.23. The van der Waals surface area contributed by atoms with E-state index in [2.05, 4.69) is 11.8 Å². The summed E-state index contributed by atoms with van der Waals surface area (Å²) in [5.74, 6) is 1.54. The van der Waals surface area contributed by atoms with Gasteiger partial charge in [0.25, 0.3) is 0 Å². The van der Waals surface area contributed by atoms with Crippen molar-refractivity contribution in [3.05, 3.63) is 69.0 Å². The van der Waals surface area contributed by atoms with Crippen LogP contribution in [0.15, 0.2) is 51.7 Å². The van der Waals surface area contributed by atoms with Crippen molar-refractivity contribution in [2.24, 2.45) is 0 Å². The van der Waals surface area contributed by atoms with E-state index in [1.807, 2.05) is 43.3 Å². The molecule has 0 unspecified atom stereocenters. The van der Waals surface area contributed by atoms with Crippen LogP contribution in [0.5, 0.6) is 11.5 Å². The van der Waals surface area contributed by atoms with Gasteiger partial charge in [0.05, 0.1) is 0 Å². The number of benzene rings is 2. The highest BCUT2D eigenvalue weighted by molar-refractivity contribution is 6.32. The van der Waals surface area contributed by atoms with Gasteiger partial charge in [-0.2, -0.15) is 0 Å². The molecule has 0 fully saturated rings. The molecule has 0 amide bonds. The molecule has 3 aromatic rings. The highest BCUT2D eigenvalue weighted by Crippen LogP contribution is 2.31. The van der Waals surface area contributed by atoms with E-state index in [1.54, 1.807) is 6.07 Å². The van der Waals surface area contributed by atoms with Crippen LogP contribution in [0.25, 0.3) is 11.0 Å². The van der Waals surface area contributed by atoms with Gasteiger partial charge in [0, 0.05) is 29.6 Å². The fraction of sp³-hybridized carbons (Fsp3) is 0.318. The van der Waals surface area contributed by atoms with Crippen LogP contribution in [-0.4, -0.2) is 30.7 Å². The summed E-state index contributed by atoms with van der Waals surface area (Å²) in [4.78, 5) is 14.3. The Morgan fingerprint density at radius 3 is 2.75 bits per heavy atom. The third-order valence-corrected chi connectivity index (χ3v) is 5.39. The van der Waals surface area contributed by atoms with Gasteiger partial charge in [0.1, 0.15) is 18.3 Å². The third kappa shape index (κ3) is 3.86. The van der Waals surface area contributed by atoms with Gasteiger partial charge in [-0.15, -0.1) is 0 Å². The predicted molar refractivity (Wildman–Crippen MR) is 110 cm³/mol. The first-order chi connectivity index (χ1) is 13.5. The average molecular weight is 400 g/mol. The molecule has 2 heterocycles. The van der Waals surface area contributed by atoms with Crippen molar-refractivity contribution in [1.29, 1.82) is 0 Å². The first kappa shape index (κ1) is 18.8. The number of nitrogens with zero attached hydrogens (tertiary/aromatic N) is 1. The zero-order valence-electron chi connectivity index (χ0n) is 15.9. The van der Waals surface area contributed by atoms with Crippen LogP contribution < -0.4 is 15.1 Å². The molecule has 0 aliphatic carbocycles. The Labute approximate surface area is 168 Å². The van der Waals surface area contributed by atoms with Gasteiger partial charge in [-0.1, -0.05) is 30.7 Å². The largest absolute Gasteiger partial charge is 0.486 e. The normalized spacial score (nSPS) is 15.9. The second-order valence-corrected chi connectivity index (χ2v) is 7.42. The van der Waals surface area contributed by atoms with Gasteiger partial charge in [-0.3, -0.25) is 4.90 Å². The summed E-state index contributed by atoms with van der Waals surface area (Å²) in [5, 5.41) is 1.52. The fourth-order valence-electron chi connectivity index (χ4n) is 3.47. The van der Waals surface area contributed by atoms with Crippen LogP contribution in [0, 0.1) is 6.92 Å². The van der Waals surface area contributed by atoms with E-state index in [0.29, 0.717) is 30.3 Å². The van der Waals surface area contributed by atoms with Crippen molar-refractivity contribution >= 4 is 22.6 Å². The Morgan fingerprint density at radius 1 is 1.18 bits per heavy atom. The standard InChI is InChI=1S/C22H22ClNO4/c1-3-24(12-16-13-26-19-6-4-5-7-20(19)27-16)11-15-9-22(25)28-21-8-14(2)18(23)10-17(15)21/h4-10,16H,3,11-13H2,1-2H3/t16-/m0/s1. The Hall–Kier alpha value is -2.50. The van der Waals surface area contributed by atoms with E-state index in [1.165, 1.54) is 0 Å². The van der Waals surface area contributed by atoms with Crippen LogP contribution in [0.2, 0.25) is 5.02 Å². The molecule has 0 spiro atoms. The first-order valence-electron chi connectivity index (χ1n) is 9.37. The summed E-state index contributed by atoms with van der Waals surface area (Å²) >= 11 is 6.30. The molecule has 1 atom stereocenters. The minimum Gasteiger partial charge on any atom is -0.486 e. The number of hydrogen-bond acceptors (Lipinski definition) is 5. The quantitative estimate of drug-likeness (QED) is 0.594. The highest BCUT2D eigenvalue weighted by atomic mass is 35.5. The Morgan fingerprint density at radius 2 is 1.96 bits per heavy atom. The maximum atomic E-state index is 12.0. The van der Waals surface area contributed by atoms with E-state index < -0.39 is 0 Å². The summed E-state index contributed by atoms with van der Waals surface area (Å²) in [6, 6.07) is 12.9.